The molecule has 0 saturated carbocycles. The van der Waals surface area contributed by atoms with Crippen molar-refractivity contribution in [3.05, 3.63) is 54.1 Å². The highest BCUT2D eigenvalue weighted by Gasteiger charge is 2.07. The van der Waals surface area contributed by atoms with Crippen molar-refractivity contribution >= 4 is 0 Å². The Morgan fingerprint density at radius 3 is 1.46 bits per heavy atom. The lowest BCUT2D eigenvalue weighted by Crippen LogP contribution is -2.01. The van der Waals surface area contributed by atoms with E-state index in [0.29, 0.717) is 0 Å². The zero-order valence-corrected chi connectivity index (χ0v) is 23.0. The first-order chi connectivity index (χ1) is 17.2. The topological polar surface area (TPSA) is 18.5 Å². The Morgan fingerprint density at radius 1 is 0.514 bits per heavy atom. The van der Waals surface area contributed by atoms with Crippen LogP contribution in [-0.2, 0) is 4.74 Å². The van der Waals surface area contributed by atoms with Crippen molar-refractivity contribution in [1.29, 1.82) is 0 Å². The summed E-state index contributed by atoms with van der Waals surface area (Å²) >= 11 is 0. The summed E-state index contributed by atoms with van der Waals surface area (Å²) in [5.41, 5.74) is 3.72. The molecule has 0 aliphatic rings. The fraction of sp³-hybridized carbons (Fsp3) is 0.636. The van der Waals surface area contributed by atoms with Crippen molar-refractivity contribution in [3.8, 4) is 16.9 Å². The number of hydrogen-bond acceptors (Lipinski definition) is 2. The van der Waals surface area contributed by atoms with E-state index in [1.807, 2.05) is 0 Å². The van der Waals surface area contributed by atoms with Crippen LogP contribution in [0.4, 0.5) is 0 Å². The first-order valence-corrected chi connectivity index (χ1v) is 14.7. The van der Waals surface area contributed by atoms with Crippen molar-refractivity contribution in [1.82, 2.24) is 0 Å². The monoisotopic (exact) mass is 480 g/mol. The van der Waals surface area contributed by atoms with E-state index >= 15 is 0 Å². The van der Waals surface area contributed by atoms with Crippen LogP contribution in [0.2, 0.25) is 0 Å². The van der Waals surface area contributed by atoms with E-state index in [2.05, 4.69) is 69.3 Å². The average molecular weight is 481 g/mol. The number of hydrogen-bond donors (Lipinski definition) is 0. The third-order valence-electron chi connectivity index (χ3n) is 6.95. The standard InChI is InChI=1S/C33H52O2/c1-4-6-8-10-12-14-16-18-28-35-33-25-23-32(24-26-33)31-21-19-30(20-22-31)29(3)34-27-17-15-13-11-9-7-5-2/h19-26,29H,4-18,27-28H2,1-3H3. The van der Waals surface area contributed by atoms with Crippen molar-refractivity contribution in [2.45, 2.75) is 123 Å². The highest BCUT2D eigenvalue weighted by molar-refractivity contribution is 5.64. The Morgan fingerprint density at radius 2 is 0.943 bits per heavy atom. The van der Waals surface area contributed by atoms with E-state index in [1.54, 1.807) is 0 Å². The van der Waals surface area contributed by atoms with Gasteiger partial charge in [0, 0.05) is 6.61 Å². The maximum absolute atomic E-state index is 6.08. The minimum Gasteiger partial charge on any atom is -0.494 e. The van der Waals surface area contributed by atoms with E-state index in [4.69, 9.17) is 9.47 Å². The largest absolute Gasteiger partial charge is 0.494 e. The van der Waals surface area contributed by atoms with Crippen LogP contribution in [0.1, 0.15) is 129 Å². The Labute approximate surface area is 216 Å². The summed E-state index contributed by atoms with van der Waals surface area (Å²) in [6.07, 6.45) is 20.0. The molecule has 0 spiro atoms. The van der Waals surface area contributed by atoms with Crippen LogP contribution >= 0.6 is 0 Å². The molecule has 196 valence electrons. The van der Waals surface area contributed by atoms with Crippen molar-refractivity contribution in [2.75, 3.05) is 13.2 Å². The molecule has 0 fully saturated rings. The highest BCUT2D eigenvalue weighted by atomic mass is 16.5. The van der Waals surface area contributed by atoms with Gasteiger partial charge in [-0.25, -0.2) is 0 Å². The predicted molar refractivity (Wildman–Crippen MR) is 152 cm³/mol. The second-order valence-electron chi connectivity index (χ2n) is 10.1. The van der Waals surface area contributed by atoms with E-state index in [9.17, 15) is 0 Å². The molecule has 0 saturated heterocycles. The van der Waals surface area contributed by atoms with Crippen LogP contribution in [0.5, 0.6) is 5.75 Å². The number of ether oxygens (including phenoxy) is 2. The summed E-state index contributed by atoms with van der Waals surface area (Å²) in [7, 11) is 0. The predicted octanol–water partition coefficient (Wildman–Crippen LogP) is 10.7. The molecular weight excluding hydrogens is 428 g/mol. The summed E-state index contributed by atoms with van der Waals surface area (Å²) < 4.78 is 12.0. The summed E-state index contributed by atoms with van der Waals surface area (Å²) in [5.74, 6) is 0.973. The second-order valence-corrected chi connectivity index (χ2v) is 10.1. The normalized spacial score (nSPS) is 12.1. The van der Waals surface area contributed by atoms with Crippen LogP contribution in [-0.4, -0.2) is 13.2 Å². The lowest BCUT2D eigenvalue weighted by atomic mass is 10.0. The smallest absolute Gasteiger partial charge is 0.119 e. The quantitative estimate of drug-likeness (QED) is 0.165. The maximum Gasteiger partial charge on any atom is 0.119 e. The Bertz CT molecular complexity index is 735. The molecule has 2 aromatic rings. The van der Waals surface area contributed by atoms with Gasteiger partial charge < -0.3 is 9.47 Å². The van der Waals surface area contributed by atoms with Crippen molar-refractivity contribution in [2.24, 2.45) is 0 Å². The SMILES string of the molecule is CCCCCCCCCCOc1ccc(-c2ccc(C(C)OCCCCCCCCC)cc2)cc1. The minimum atomic E-state index is 0.149. The number of rotatable bonds is 21. The van der Waals surface area contributed by atoms with Gasteiger partial charge in [0.25, 0.3) is 0 Å². The molecule has 35 heavy (non-hydrogen) atoms. The third kappa shape index (κ3) is 13.2. The number of unbranched alkanes of at least 4 members (excludes halogenated alkanes) is 13. The molecule has 2 rings (SSSR count). The van der Waals surface area contributed by atoms with Gasteiger partial charge in [-0.3, -0.25) is 0 Å². The van der Waals surface area contributed by atoms with Crippen LogP contribution in [0.15, 0.2) is 48.5 Å². The fourth-order valence-electron chi connectivity index (χ4n) is 4.53. The molecule has 0 aliphatic heterocycles. The lowest BCUT2D eigenvalue weighted by molar-refractivity contribution is 0.0627. The summed E-state index contributed by atoms with van der Waals surface area (Å²) in [6, 6.07) is 17.4. The maximum atomic E-state index is 6.08. The molecule has 0 heterocycles. The average Bonchev–Trinajstić information content (AvgIpc) is 2.89. The van der Waals surface area contributed by atoms with Gasteiger partial charge in [0.05, 0.1) is 12.7 Å². The van der Waals surface area contributed by atoms with E-state index in [0.717, 1.165) is 25.4 Å². The van der Waals surface area contributed by atoms with Gasteiger partial charge in [0.15, 0.2) is 0 Å². The van der Waals surface area contributed by atoms with Crippen molar-refractivity contribution in [3.63, 3.8) is 0 Å². The van der Waals surface area contributed by atoms with Gasteiger partial charge in [0.2, 0.25) is 0 Å². The van der Waals surface area contributed by atoms with Gasteiger partial charge >= 0.3 is 0 Å². The minimum absolute atomic E-state index is 0.149. The fourth-order valence-corrected chi connectivity index (χ4v) is 4.53. The molecule has 0 aliphatic carbocycles. The molecule has 0 bridgehead atoms. The molecule has 0 radical (unpaired) electrons. The van der Waals surface area contributed by atoms with E-state index in [1.165, 1.54) is 107 Å². The number of benzene rings is 2. The molecule has 0 N–H and O–H groups in total. The van der Waals surface area contributed by atoms with E-state index in [-0.39, 0.29) is 6.10 Å². The lowest BCUT2D eigenvalue weighted by Gasteiger charge is -2.14. The van der Waals surface area contributed by atoms with Gasteiger partial charge in [-0.05, 0) is 48.6 Å². The van der Waals surface area contributed by atoms with Crippen LogP contribution in [0.3, 0.4) is 0 Å². The van der Waals surface area contributed by atoms with Gasteiger partial charge in [0.1, 0.15) is 5.75 Å². The molecule has 1 unspecified atom stereocenters. The molecule has 1 atom stereocenters. The van der Waals surface area contributed by atoms with Crippen LogP contribution < -0.4 is 4.74 Å². The molecule has 0 amide bonds. The Kier molecular flexibility index (Phi) is 16.3. The van der Waals surface area contributed by atoms with E-state index < -0.39 is 0 Å². The van der Waals surface area contributed by atoms with Gasteiger partial charge in [-0.1, -0.05) is 134 Å². The molecular formula is C33H52O2. The zero-order valence-electron chi connectivity index (χ0n) is 23.0. The molecule has 2 nitrogen and oxygen atoms in total. The highest BCUT2D eigenvalue weighted by Crippen LogP contribution is 2.25. The van der Waals surface area contributed by atoms with Gasteiger partial charge in [-0.15, -0.1) is 0 Å². The van der Waals surface area contributed by atoms with Gasteiger partial charge in [-0.2, -0.15) is 0 Å². The van der Waals surface area contributed by atoms with Crippen molar-refractivity contribution < 1.29 is 9.47 Å². The summed E-state index contributed by atoms with van der Waals surface area (Å²) in [6.45, 7) is 8.38. The Balaban J connectivity index is 1.62. The second kappa shape index (κ2) is 19.4. The van der Waals surface area contributed by atoms with Crippen LogP contribution in [0.25, 0.3) is 11.1 Å². The first-order valence-electron chi connectivity index (χ1n) is 14.7. The molecule has 2 aromatic carbocycles. The summed E-state index contributed by atoms with van der Waals surface area (Å²) in [4.78, 5) is 0. The summed E-state index contributed by atoms with van der Waals surface area (Å²) in [5, 5.41) is 0. The first kappa shape index (κ1) is 29.4. The Hall–Kier alpha value is -1.80. The zero-order chi connectivity index (χ0) is 25.0. The van der Waals surface area contributed by atoms with Crippen LogP contribution in [0, 0.1) is 0 Å². The molecule has 2 heteroatoms. The molecule has 0 aromatic heterocycles. The third-order valence-corrected chi connectivity index (χ3v) is 6.95.